The topological polar surface area (TPSA) is 26.3 Å². The Kier molecular flexibility index (Phi) is 4.07. The van der Waals surface area contributed by atoms with Crippen LogP contribution in [0.2, 0.25) is 0 Å². The molecule has 2 aliphatic rings. The first kappa shape index (κ1) is 15.3. The molecule has 0 aromatic heterocycles. The van der Waals surface area contributed by atoms with Gasteiger partial charge in [0, 0.05) is 17.1 Å². The monoisotopic (exact) mass is 302 g/mol. The zero-order chi connectivity index (χ0) is 15.7. The van der Waals surface area contributed by atoms with Crippen molar-refractivity contribution < 1.29 is 13.9 Å². The largest absolute Gasteiger partial charge is 0.451 e. The maximum atomic E-state index is 14.2. The molecule has 0 heterocycles. The van der Waals surface area contributed by atoms with Crippen LogP contribution in [0.1, 0.15) is 56.6 Å². The van der Waals surface area contributed by atoms with Crippen LogP contribution in [-0.2, 0) is 21.6 Å². The van der Waals surface area contributed by atoms with Gasteiger partial charge in [-0.25, -0.2) is 9.18 Å². The zero-order valence-electron chi connectivity index (χ0n) is 13.2. The Bertz CT molecular complexity index is 601. The van der Waals surface area contributed by atoms with Crippen LogP contribution in [-0.4, -0.2) is 5.97 Å². The van der Waals surface area contributed by atoms with Crippen LogP contribution in [0.3, 0.4) is 0 Å². The van der Waals surface area contributed by atoms with Crippen molar-refractivity contribution in [3.63, 3.8) is 0 Å². The first-order chi connectivity index (χ1) is 10.5. The highest BCUT2D eigenvalue weighted by Gasteiger charge is 2.48. The van der Waals surface area contributed by atoms with E-state index in [-0.39, 0.29) is 17.7 Å². The van der Waals surface area contributed by atoms with E-state index < -0.39 is 5.60 Å². The smallest absolute Gasteiger partial charge is 0.334 e. The third kappa shape index (κ3) is 2.47. The van der Waals surface area contributed by atoms with Gasteiger partial charge in [0.1, 0.15) is 11.4 Å². The van der Waals surface area contributed by atoms with Gasteiger partial charge in [-0.1, -0.05) is 31.6 Å². The number of fused-ring (bicyclic) bond motifs is 1. The number of rotatable bonds is 3. The molecule has 118 valence electrons. The first-order valence-corrected chi connectivity index (χ1v) is 8.21. The van der Waals surface area contributed by atoms with Gasteiger partial charge in [-0.15, -0.1) is 0 Å². The second kappa shape index (κ2) is 5.86. The van der Waals surface area contributed by atoms with Crippen LogP contribution in [0.5, 0.6) is 0 Å². The van der Waals surface area contributed by atoms with Crippen LogP contribution >= 0.6 is 0 Å². The molecule has 3 rings (SSSR count). The van der Waals surface area contributed by atoms with E-state index in [2.05, 4.69) is 6.58 Å². The summed E-state index contributed by atoms with van der Waals surface area (Å²) in [5.41, 5.74) is 1.36. The third-order valence-electron chi connectivity index (χ3n) is 5.19. The second-order valence-corrected chi connectivity index (χ2v) is 6.66. The Morgan fingerprint density at radius 3 is 2.73 bits per heavy atom. The fourth-order valence-electron chi connectivity index (χ4n) is 4.13. The van der Waals surface area contributed by atoms with Crippen molar-refractivity contribution in [2.75, 3.05) is 0 Å². The Labute approximate surface area is 131 Å². The lowest BCUT2D eigenvalue weighted by Gasteiger charge is -2.43. The number of hydrogen-bond donors (Lipinski definition) is 0. The predicted octanol–water partition coefficient (Wildman–Crippen LogP) is 4.67. The molecule has 3 heteroatoms. The van der Waals surface area contributed by atoms with E-state index in [0.29, 0.717) is 5.57 Å². The highest BCUT2D eigenvalue weighted by atomic mass is 19.1. The number of benzene rings is 1. The molecular weight excluding hydrogens is 279 g/mol. The number of halogens is 1. The summed E-state index contributed by atoms with van der Waals surface area (Å²) in [4.78, 5) is 12.3. The number of ether oxygens (including phenoxy) is 1. The van der Waals surface area contributed by atoms with Crippen LogP contribution in [0, 0.1) is 11.7 Å². The van der Waals surface area contributed by atoms with E-state index in [9.17, 15) is 9.18 Å². The molecule has 1 unspecified atom stereocenters. The Balaban J connectivity index is 2.09. The summed E-state index contributed by atoms with van der Waals surface area (Å²) in [6.07, 6.45) is 6.75. The summed E-state index contributed by atoms with van der Waals surface area (Å²) in [5.74, 6) is -0.244. The van der Waals surface area contributed by atoms with E-state index in [1.165, 1.54) is 6.07 Å². The molecule has 0 saturated heterocycles. The van der Waals surface area contributed by atoms with Crippen molar-refractivity contribution in [1.29, 1.82) is 0 Å². The summed E-state index contributed by atoms with van der Waals surface area (Å²) in [6, 6.07) is 5.18. The normalized spacial score (nSPS) is 24.8. The predicted molar refractivity (Wildman–Crippen MR) is 83.9 cm³/mol. The summed E-state index contributed by atoms with van der Waals surface area (Å²) in [7, 11) is 0. The van der Waals surface area contributed by atoms with Crippen molar-refractivity contribution in [2.45, 2.75) is 57.5 Å². The highest BCUT2D eigenvalue weighted by Crippen LogP contribution is 2.50. The summed E-state index contributed by atoms with van der Waals surface area (Å²) < 4.78 is 20.2. The maximum absolute atomic E-state index is 14.2. The average molecular weight is 302 g/mol. The number of esters is 1. The Morgan fingerprint density at radius 2 is 2.05 bits per heavy atom. The molecule has 0 spiro atoms. The minimum atomic E-state index is -0.664. The van der Waals surface area contributed by atoms with Gasteiger partial charge in [-0.05, 0) is 50.7 Å². The molecule has 1 fully saturated rings. The Hall–Kier alpha value is -1.64. The molecule has 2 nitrogen and oxygen atoms in total. The van der Waals surface area contributed by atoms with Gasteiger partial charge in [-0.2, -0.15) is 0 Å². The molecule has 0 radical (unpaired) electrons. The van der Waals surface area contributed by atoms with Crippen molar-refractivity contribution >= 4 is 5.97 Å². The van der Waals surface area contributed by atoms with Gasteiger partial charge < -0.3 is 4.74 Å². The summed E-state index contributed by atoms with van der Waals surface area (Å²) in [6.45, 7) is 5.37. The maximum Gasteiger partial charge on any atom is 0.334 e. The highest BCUT2D eigenvalue weighted by molar-refractivity contribution is 5.87. The average Bonchev–Trinajstić information content (AvgIpc) is 3.03. The van der Waals surface area contributed by atoms with Gasteiger partial charge in [-0.3, -0.25) is 0 Å². The van der Waals surface area contributed by atoms with E-state index in [0.717, 1.165) is 56.1 Å². The fraction of sp³-hybridized carbons (Fsp3) is 0.526. The van der Waals surface area contributed by atoms with E-state index in [1.54, 1.807) is 13.0 Å². The van der Waals surface area contributed by atoms with E-state index >= 15 is 0 Å². The third-order valence-corrected chi connectivity index (χ3v) is 5.19. The van der Waals surface area contributed by atoms with Crippen LogP contribution in [0.25, 0.3) is 0 Å². The standard InChI is InChI=1S/C19H23FO2/c1-13(2)18(21)22-19(14-7-3-4-8-14)12-6-9-15-16(19)10-5-11-17(15)20/h5,10-11,14H,1,3-4,6-9,12H2,2H3. The van der Waals surface area contributed by atoms with Crippen molar-refractivity contribution in [2.24, 2.45) is 5.92 Å². The molecule has 0 aliphatic heterocycles. The molecule has 1 aromatic rings. The number of carbonyl (C=O) groups excluding carboxylic acids is 1. The SMILES string of the molecule is C=C(C)C(=O)OC1(C2CCCC2)CCCc2c(F)cccc21. The van der Waals surface area contributed by atoms with Crippen LogP contribution < -0.4 is 0 Å². The van der Waals surface area contributed by atoms with Crippen LogP contribution in [0.15, 0.2) is 30.4 Å². The first-order valence-electron chi connectivity index (χ1n) is 8.21. The number of hydrogen-bond acceptors (Lipinski definition) is 2. The van der Waals surface area contributed by atoms with Gasteiger partial charge in [0.05, 0.1) is 0 Å². The van der Waals surface area contributed by atoms with E-state index in [1.807, 2.05) is 6.07 Å². The van der Waals surface area contributed by atoms with E-state index in [4.69, 9.17) is 4.74 Å². The van der Waals surface area contributed by atoms with Crippen molar-refractivity contribution in [3.8, 4) is 0 Å². The van der Waals surface area contributed by atoms with Crippen molar-refractivity contribution in [1.82, 2.24) is 0 Å². The van der Waals surface area contributed by atoms with Gasteiger partial charge in [0.15, 0.2) is 0 Å². The lowest BCUT2D eigenvalue weighted by atomic mass is 9.70. The Morgan fingerprint density at radius 1 is 1.32 bits per heavy atom. The van der Waals surface area contributed by atoms with Gasteiger partial charge in [0.25, 0.3) is 0 Å². The van der Waals surface area contributed by atoms with Gasteiger partial charge >= 0.3 is 5.97 Å². The van der Waals surface area contributed by atoms with Gasteiger partial charge in [0.2, 0.25) is 0 Å². The minimum Gasteiger partial charge on any atom is -0.451 e. The zero-order valence-corrected chi connectivity index (χ0v) is 13.2. The molecule has 2 aliphatic carbocycles. The summed E-state index contributed by atoms with van der Waals surface area (Å²) >= 11 is 0. The fourth-order valence-corrected chi connectivity index (χ4v) is 4.13. The number of carbonyl (C=O) groups is 1. The molecule has 1 atom stereocenters. The van der Waals surface area contributed by atoms with Crippen LogP contribution in [0.4, 0.5) is 4.39 Å². The molecular formula is C19H23FO2. The minimum absolute atomic E-state index is 0.175. The molecule has 0 N–H and O–H groups in total. The molecule has 1 saturated carbocycles. The molecule has 0 bridgehead atoms. The lowest BCUT2D eigenvalue weighted by molar-refractivity contribution is -0.166. The lowest BCUT2D eigenvalue weighted by Crippen LogP contribution is -2.42. The quantitative estimate of drug-likeness (QED) is 0.599. The second-order valence-electron chi connectivity index (χ2n) is 6.66. The molecule has 0 amide bonds. The van der Waals surface area contributed by atoms with Crippen molar-refractivity contribution in [3.05, 3.63) is 47.3 Å². The molecule has 22 heavy (non-hydrogen) atoms. The summed E-state index contributed by atoms with van der Waals surface area (Å²) in [5, 5.41) is 0. The molecule has 1 aromatic carbocycles.